The second kappa shape index (κ2) is 11.8. The summed E-state index contributed by atoms with van der Waals surface area (Å²) in [6.45, 7) is 13.3. The van der Waals surface area contributed by atoms with E-state index in [9.17, 15) is 14.4 Å². The summed E-state index contributed by atoms with van der Waals surface area (Å²) in [5.74, 6) is 2.92. The lowest BCUT2D eigenvalue weighted by atomic mass is 9.77. The maximum Gasteiger partial charge on any atom is 0.312 e. The first-order chi connectivity index (χ1) is 14.4. The van der Waals surface area contributed by atoms with Gasteiger partial charge in [-0.05, 0) is 57.6 Å². The number of hydrazine groups is 1. The first-order valence-electron chi connectivity index (χ1n) is 10.9. The van der Waals surface area contributed by atoms with E-state index in [0.29, 0.717) is 18.4 Å². The second-order valence-electron chi connectivity index (χ2n) is 9.88. The molecule has 3 atom stereocenters. The Morgan fingerprint density at radius 2 is 1.52 bits per heavy atom. The molecule has 0 spiro atoms. The van der Waals surface area contributed by atoms with Gasteiger partial charge in [0.25, 0.3) is 5.91 Å². The van der Waals surface area contributed by atoms with Crippen molar-refractivity contribution in [3.8, 4) is 0 Å². The van der Waals surface area contributed by atoms with E-state index in [4.69, 9.17) is 10.6 Å². The van der Waals surface area contributed by atoms with Gasteiger partial charge in [-0.1, -0.05) is 45.9 Å². The van der Waals surface area contributed by atoms with Crippen molar-refractivity contribution in [1.82, 2.24) is 10.7 Å². The van der Waals surface area contributed by atoms with Crippen molar-refractivity contribution in [2.75, 3.05) is 0 Å². The summed E-state index contributed by atoms with van der Waals surface area (Å²) in [5.41, 5.74) is 1.96. The second-order valence-corrected chi connectivity index (χ2v) is 9.88. The number of nitrogens with two attached hydrogens (primary N) is 1. The first-order valence-corrected chi connectivity index (χ1v) is 10.9. The van der Waals surface area contributed by atoms with Crippen molar-refractivity contribution < 1.29 is 19.1 Å². The van der Waals surface area contributed by atoms with Crippen LogP contribution in [-0.2, 0) is 14.3 Å². The summed E-state index contributed by atoms with van der Waals surface area (Å²) < 4.78 is 5.70. The number of ether oxygens (including phenoxy) is 1. The summed E-state index contributed by atoms with van der Waals surface area (Å²) >= 11 is 0. The molecule has 0 radical (unpaired) electrons. The number of carbonyl (C=O) groups excluding carboxylic acids is 3. The molecule has 31 heavy (non-hydrogen) atoms. The molecule has 7 heteroatoms. The van der Waals surface area contributed by atoms with Gasteiger partial charge in [-0.3, -0.25) is 19.8 Å². The van der Waals surface area contributed by atoms with Gasteiger partial charge in [-0.15, -0.1) is 0 Å². The van der Waals surface area contributed by atoms with Gasteiger partial charge >= 0.3 is 5.97 Å². The molecule has 0 aromatic heterocycles. The number of benzene rings is 1. The van der Waals surface area contributed by atoms with Gasteiger partial charge in [0.15, 0.2) is 0 Å². The Morgan fingerprint density at radius 3 is 1.97 bits per heavy atom. The van der Waals surface area contributed by atoms with Gasteiger partial charge in [0.1, 0.15) is 5.60 Å². The molecule has 0 aliphatic heterocycles. The Hall–Kier alpha value is -2.41. The van der Waals surface area contributed by atoms with Crippen LogP contribution in [0.15, 0.2) is 30.3 Å². The van der Waals surface area contributed by atoms with Crippen molar-refractivity contribution >= 4 is 17.8 Å². The highest BCUT2D eigenvalue weighted by Crippen LogP contribution is 2.30. The molecule has 4 N–H and O–H groups in total. The predicted molar refractivity (Wildman–Crippen MR) is 122 cm³/mol. The highest BCUT2D eigenvalue weighted by molar-refractivity contribution is 5.95. The van der Waals surface area contributed by atoms with Crippen LogP contribution in [0.25, 0.3) is 0 Å². The minimum atomic E-state index is -0.875. The van der Waals surface area contributed by atoms with Gasteiger partial charge < -0.3 is 10.1 Å². The SMILES string of the molecule is CC(C)CC(NC(=O)c1ccccc1)[C@H](C(=O)OC(C)(C)C)[C@@H](CC(C)C)C(=O)NN. The number of carbonyl (C=O) groups is 3. The van der Waals surface area contributed by atoms with E-state index in [2.05, 4.69) is 10.7 Å². The van der Waals surface area contributed by atoms with E-state index in [1.165, 1.54) is 0 Å². The van der Waals surface area contributed by atoms with Crippen molar-refractivity contribution in [1.29, 1.82) is 0 Å². The molecule has 174 valence electrons. The van der Waals surface area contributed by atoms with Gasteiger partial charge in [-0.25, -0.2) is 5.84 Å². The molecule has 0 saturated carbocycles. The monoisotopic (exact) mass is 433 g/mol. The lowest BCUT2D eigenvalue weighted by Crippen LogP contribution is -2.53. The Balaban J connectivity index is 3.41. The van der Waals surface area contributed by atoms with Crippen LogP contribution in [0, 0.1) is 23.7 Å². The third-order valence-electron chi connectivity index (χ3n) is 4.83. The minimum Gasteiger partial charge on any atom is -0.460 e. The zero-order chi connectivity index (χ0) is 23.8. The summed E-state index contributed by atoms with van der Waals surface area (Å²) in [6, 6.07) is 8.21. The van der Waals surface area contributed by atoms with E-state index >= 15 is 0 Å². The summed E-state index contributed by atoms with van der Waals surface area (Å²) in [4.78, 5) is 39.0. The van der Waals surface area contributed by atoms with Crippen molar-refractivity contribution in [2.24, 2.45) is 29.5 Å². The van der Waals surface area contributed by atoms with E-state index < -0.39 is 35.4 Å². The predicted octanol–water partition coefficient (Wildman–Crippen LogP) is 3.44. The Bertz CT molecular complexity index is 726. The average Bonchev–Trinajstić information content (AvgIpc) is 2.65. The summed E-state index contributed by atoms with van der Waals surface area (Å²) in [7, 11) is 0. The van der Waals surface area contributed by atoms with Crippen LogP contribution >= 0.6 is 0 Å². The number of amides is 2. The molecule has 7 nitrogen and oxygen atoms in total. The Morgan fingerprint density at radius 1 is 0.968 bits per heavy atom. The van der Waals surface area contributed by atoms with Crippen LogP contribution < -0.4 is 16.6 Å². The van der Waals surface area contributed by atoms with Crippen LogP contribution in [0.5, 0.6) is 0 Å². The Labute approximate surface area is 186 Å². The number of rotatable bonds is 10. The average molecular weight is 434 g/mol. The van der Waals surface area contributed by atoms with Crippen LogP contribution in [0.4, 0.5) is 0 Å². The molecule has 0 heterocycles. The normalized spacial score (nSPS) is 14.6. The maximum absolute atomic E-state index is 13.3. The number of nitrogens with one attached hydrogen (secondary N) is 2. The van der Waals surface area contributed by atoms with Crippen molar-refractivity contribution in [3.05, 3.63) is 35.9 Å². The summed E-state index contributed by atoms with van der Waals surface area (Å²) in [6.07, 6.45) is 0.942. The highest BCUT2D eigenvalue weighted by atomic mass is 16.6. The highest BCUT2D eigenvalue weighted by Gasteiger charge is 2.42. The van der Waals surface area contributed by atoms with Crippen LogP contribution in [0.3, 0.4) is 0 Å². The molecule has 0 aliphatic carbocycles. The van der Waals surface area contributed by atoms with E-state index in [0.717, 1.165) is 0 Å². The topological polar surface area (TPSA) is 111 Å². The fraction of sp³-hybridized carbons (Fsp3) is 0.625. The molecule has 1 unspecified atom stereocenters. The first kappa shape index (κ1) is 26.6. The number of hydrogen-bond donors (Lipinski definition) is 3. The van der Waals surface area contributed by atoms with Crippen molar-refractivity contribution in [2.45, 2.75) is 73.0 Å². The maximum atomic E-state index is 13.3. The molecule has 1 rings (SSSR count). The standard InChI is InChI=1S/C24H39N3O4/c1-15(2)13-18(22(29)27-25)20(23(30)31-24(5,6)7)19(14-16(3)4)26-21(28)17-11-9-8-10-12-17/h8-12,15-16,18-20H,13-14,25H2,1-7H3,(H,26,28)(H,27,29)/t18-,19?,20-/m1/s1. The fourth-order valence-electron chi connectivity index (χ4n) is 3.65. The largest absolute Gasteiger partial charge is 0.460 e. The third kappa shape index (κ3) is 9.09. The Kier molecular flexibility index (Phi) is 10.2. The lowest BCUT2D eigenvalue weighted by Gasteiger charge is -2.35. The molecule has 1 aromatic carbocycles. The lowest BCUT2D eigenvalue weighted by molar-refractivity contribution is -0.165. The van der Waals surface area contributed by atoms with Crippen LogP contribution in [0.2, 0.25) is 0 Å². The zero-order valence-electron chi connectivity index (χ0n) is 19.9. The van der Waals surface area contributed by atoms with Gasteiger partial charge in [0.05, 0.1) is 11.8 Å². The van der Waals surface area contributed by atoms with E-state index in [1.807, 2.05) is 33.8 Å². The molecule has 0 aliphatic rings. The number of esters is 1. The molecule has 0 fully saturated rings. The van der Waals surface area contributed by atoms with Crippen molar-refractivity contribution in [3.63, 3.8) is 0 Å². The molecule has 0 saturated heterocycles. The van der Waals surface area contributed by atoms with Crippen LogP contribution in [-0.4, -0.2) is 29.4 Å². The van der Waals surface area contributed by atoms with Gasteiger partial charge in [-0.2, -0.15) is 0 Å². The fourth-order valence-corrected chi connectivity index (χ4v) is 3.65. The minimum absolute atomic E-state index is 0.136. The van der Waals surface area contributed by atoms with E-state index in [1.54, 1.807) is 45.0 Å². The smallest absolute Gasteiger partial charge is 0.312 e. The quantitative estimate of drug-likeness (QED) is 0.227. The van der Waals surface area contributed by atoms with Crippen LogP contribution in [0.1, 0.15) is 71.7 Å². The van der Waals surface area contributed by atoms with Gasteiger partial charge in [0.2, 0.25) is 5.91 Å². The van der Waals surface area contributed by atoms with E-state index in [-0.39, 0.29) is 17.7 Å². The molecular formula is C24H39N3O4. The molecular weight excluding hydrogens is 394 g/mol. The molecule has 2 amide bonds. The molecule has 1 aromatic rings. The van der Waals surface area contributed by atoms with Gasteiger partial charge in [0, 0.05) is 11.6 Å². The molecule has 0 bridgehead atoms. The zero-order valence-corrected chi connectivity index (χ0v) is 19.9. The number of hydrogen-bond acceptors (Lipinski definition) is 5. The third-order valence-corrected chi connectivity index (χ3v) is 4.83. The summed E-state index contributed by atoms with van der Waals surface area (Å²) in [5, 5.41) is 3.00.